The van der Waals surface area contributed by atoms with Gasteiger partial charge in [0.25, 0.3) is 0 Å². The van der Waals surface area contributed by atoms with Crippen molar-refractivity contribution in [3.8, 4) is 0 Å². The van der Waals surface area contributed by atoms with Gasteiger partial charge in [0.15, 0.2) is 0 Å². The van der Waals surface area contributed by atoms with E-state index in [2.05, 4.69) is 4.98 Å². The summed E-state index contributed by atoms with van der Waals surface area (Å²) >= 11 is 13.1. The van der Waals surface area contributed by atoms with Crippen LogP contribution in [0, 0.1) is 5.82 Å². The molecule has 0 atom stereocenters. The van der Waals surface area contributed by atoms with Gasteiger partial charge in [0.05, 0.1) is 0 Å². The lowest BCUT2D eigenvalue weighted by Gasteiger charge is -2.05. The lowest BCUT2D eigenvalue weighted by atomic mass is 10.3. The standard InChI is InChI=1S/C12H8Cl2FNS/c13-9-5-12(14)16-6-8(9)7-17-11-4-2-1-3-10(11)15/h1-6H,7H2. The van der Waals surface area contributed by atoms with E-state index in [9.17, 15) is 4.39 Å². The van der Waals surface area contributed by atoms with Crippen LogP contribution in [0.1, 0.15) is 5.56 Å². The third kappa shape index (κ3) is 3.35. The Morgan fingerprint density at radius 1 is 1.24 bits per heavy atom. The molecule has 0 aliphatic carbocycles. The summed E-state index contributed by atoms with van der Waals surface area (Å²) in [5, 5.41) is 0.906. The van der Waals surface area contributed by atoms with Gasteiger partial charge in [0, 0.05) is 21.9 Å². The number of halogens is 3. The second-order valence-corrected chi connectivity index (χ2v) is 5.13. The molecule has 0 bridgehead atoms. The molecule has 88 valence electrons. The lowest BCUT2D eigenvalue weighted by Crippen LogP contribution is -1.87. The summed E-state index contributed by atoms with van der Waals surface area (Å²) in [6, 6.07) is 8.21. The van der Waals surface area contributed by atoms with E-state index in [0.29, 0.717) is 20.8 Å². The molecule has 0 aliphatic heterocycles. The molecule has 1 aromatic carbocycles. The van der Waals surface area contributed by atoms with Crippen molar-refractivity contribution in [3.05, 3.63) is 58.1 Å². The summed E-state index contributed by atoms with van der Waals surface area (Å²) < 4.78 is 13.4. The molecule has 1 nitrogen and oxygen atoms in total. The summed E-state index contributed by atoms with van der Waals surface area (Å²) in [7, 11) is 0. The van der Waals surface area contributed by atoms with E-state index >= 15 is 0 Å². The topological polar surface area (TPSA) is 12.9 Å². The molecule has 17 heavy (non-hydrogen) atoms. The lowest BCUT2D eigenvalue weighted by molar-refractivity contribution is 0.602. The number of hydrogen-bond donors (Lipinski definition) is 0. The predicted octanol–water partition coefficient (Wildman–Crippen LogP) is 4.82. The van der Waals surface area contributed by atoms with Gasteiger partial charge >= 0.3 is 0 Å². The molecule has 0 N–H and O–H groups in total. The second kappa shape index (κ2) is 5.71. The van der Waals surface area contributed by atoms with Crippen molar-refractivity contribution in [2.75, 3.05) is 0 Å². The van der Waals surface area contributed by atoms with Gasteiger partial charge in [-0.2, -0.15) is 0 Å². The third-order valence-corrected chi connectivity index (χ3v) is 3.77. The fourth-order valence-corrected chi connectivity index (χ4v) is 2.69. The molecule has 0 fully saturated rings. The average Bonchev–Trinajstić information content (AvgIpc) is 2.30. The number of benzene rings is 1. The van der Waals surface area contributed by atoms with Gasteiger partial charge in [0.1, 0.15) is 11.0 Å². The Kier molecular flexibility index (Phi) is 4.26. The zero-order valence-corrected chi connectivity index (χ0v) is 11.0. The van der Waals surface area contributed by atoms with Crippen LogP contribution >= 0.6 is 35.0 Å². The number of rotatable bonds is 3. The second-order valence-electron chi connectivity index (χ2n) is 3.32. The molecule has 0 aliphatic rings. The summed E-state index contributed by atoms with van der Waals surface area (Å²) in [6.45, 7) is 0. The maximum atomic E-state index is 13.4. The molecule has 0 unspecified atom stereocenters. The minimum Gasteiger partial charge on any atom is -0.244 e. The predicted molar refractivity (Wildman–Crippen MR) is 70.2 cm³/mol. The third-order valence-electron chi connectivity index (χ3n) is 2.12. The van der Waals surface area contributed by atoms with Gasteiger partial charge in [-0.15, -0.1) is 11.8 Å². The molecule has 5 heteroatoms. The Labute approximate surface area is 113 Å². The highest BCUT2D eigenvalue weighted by molar-refractivity contribution is 7.98. The first kappa shape index (κ1) is 12.7. The fraction of sp³-hybridized carbons (Fsp3) is 0.0833. The molecular formula is C12H8Cl2FNS. The molecule has 0 amide bonds. The monoisotopic (exact) mass is 287 g/mol. The summed E-state index contributed by atoms with van der Waals surface area (Å²) in [4.78, 5) is 4.54. The van der Waals surface area contributed by atoms with Crippen LogP contribution in [-0.4, -0.2) is 4.98 Å². The zero-order chi connectivity index (χ0) is 12.3. The highest BCUT2D eigenvalue weighted by Crippen LogP contribution is 2.28. The van der Waals surface area contributed by atoms with E-state index in [-0.39, 0.29) is 5.82 Å². The minimum absolute atomic E-state index is 0.226. The van der Waals surface area contributed by atoms with E-state index in [4.69, 9.17) is 23.2 Å². The molecule has 2 rings (SSSR count). The largest absolute Gasteiger partial charge is 0.244 e. The number of aromatic nitrogens is 1. The Morgan fingerprint density at radius 2 is 2.00 bits per heavy atom. The number of nitrogens with zero attached hydrogens (tertiary/aromatic N) is 1. The SMILES string of the molecule is Fc1ccccc1SCc1cnc(Cl)cc1Cl. The number of thioether (sulfide) groups is 1. The normalized spacial score (nSPS) is 10.5. The maximum Gasteiger partial charge on any atom is 0.136 e. The van der Waals surface area contributed by atoms with Crippen molar-refractivity contribution >= 4 is 35.0 Å². The van der Waals surface area contributed by atoms with Gasteiger partial charge in [-0.05, 0) is 23.8 Å². The Hall–Kier alpha value is -0.770. The van der Waals surface area contributed by atoms with Crippen molar-refractivity contribution in [2.24, 2.45) is 0 Å². The van der Waals surface area contributed by atoms with Crippen LogP contribution in [0.3, 0.4) is 0 Å². The fourth-order valence-electron chi connectivity index (χ4n) is 1.26. The van der Waals surface area contributed by atoms with Crippen molar-refractivity contribution in [1.82, 2.24) is 4.98 Å². The first-order valence-electron chi connectivity index (χ1n) is 4.84. The molecule has 0 spiro atoms. The van der Waals surface area contributed by atoms with Crippen LogP contribution in [-0.2, 0) is 5.75 Å². The van der Waals surface area contributed by atoms with Gasteiger partial charge in [-0.3, -0.25) is 0 Å². The number of hydrogen-bond acceptors (Lipinski definition) is 2. The molecule has 1 aromatic heterocycles. The van der Waals surface area contributed by atoms with Gasteiger partial charge in [-0.25, -0.2) is 9.37 Å². The first-order valence-corrected chi connectivity index (χ1v) is 6.58. The van der Waals surface area contributed by atoms with Gasteiger partial charge in [0.2, 0.25) is 0 Å². The number of pyridine rings is 1. The Bertz CT molecular complexity index is 534. The summed E-state index contributed by atoms with van der Waals surface area (Å²) in [5.41, 5.74) is 0.837. The van der Waals surface area contributed by atoms with E-state index in [0.717, 1.165) is 5.56 Å². The van der Waals surface area contributed by atoms with E-state index in [1.54, 1.807) is 30.5 Å². The van der Waals surface area contributed by atoms with Crippen LogP contribution in [0.25, 0.3) is 0 Å². The van der Waals surface area contributed by atoms with Crippen molar-refractivity contribution < 1.29 is 4.39 Å². The summed E-state index contributed by atoms with van der Waals surface area (Å²) in [6.07, 6.45) is 1.61. The minimum atomic E-state index is -0.226. The zero-order valence-electron chi connectivity index (χ0n) is 8.66. The summed E-state index contributed by atoms with van der Waals surface area (Å²) in [5.74, 6) is 0.333. The Balaban J connectivity index is 2.10. The van der Waals surface area contributed by atoms with Crippen LogP contribution in [0.4, 0.5) is 4.39 Å². The van der Waals surface area contributed by atoms with E-state index in [1.165, 1.54) is 17.8 Å². The molecule has 1 heterocycles. The molecular weight excluding hydrogens is 280 g/mol. The first-order chi connectivity index (χ1) is 8.16. The van der Waals surface area contributed by atoms with E-state index < -0.39 is 0 Å². The smallest absolute Gasteiger partial charge is 0.136 e. The van der Waals surface area contributed by atoms with Crippen molar-refractivity contribution in [3.63, 3.8) is 0 Å². The van der Waals surface area contributed by atoms with Crippen molar-refractivity contribution in [2.45, 2.75) is 10.6 Å². The van der Waals surface area contributed by atoms with Crippen LogP contribution in [0.15, 0.2) is 41.4 Å². The average molecular weight is 288 g/mol. The van der Waals surface area contributed by atoms with Gasteiger partial charge in [-0.1, -0.05) is 35.3 Å². The molecule has 0 saturated heterocycles. The van der Waals surface area contributed by atoms with Crippen LogP contribution in [0.5, 0.6) is 0 Å². The van der Waals surface area contributed by atoms with Gasteiger partial charge < -0.3 is 0 Å². The highest BCUT2D eigenvalue weighted by Gasteiger charge is 2.05. The maximum absolute atomic E-state index is 13.4. The molecule has 2 aromatic rings. The highest BCUT2D eigenvalue weighted by atomic mass is 35.5. The van der Waals surface area contributed by atoms with Crippen LogP contribution < -0.4 is 0 Å². The molecule has 0 radical (unpaired) electrons. The van der Waals surface area contributed by atoms with Crippen molar-refractivity contribution in [1.29, 1.82) is 0 Å². The molecule has 0 saturated carbocycles. The van der Waals surface area contributed by atoms with E-state index in [1.807, 2.05) is 0 Å². The van der Waals surface area contributed by atoms with Crippen LogP contribution in [0.2, 0.25) is 10.2 Å². The Morgan fingerprint density at radius 3 is 2.71 bits per heavy atom. The quantitative estimate of drug-likeness (QED) is 0.593.